The highest BCUT2D eigenvalue weighted by Crippen LogP contribution is 2.32. The Balaban J connectivity index is 1.60. The van der Waals surface area contributed by atoms with Gasteiger partial charge in [0.15, 0.2) is 0 Å². The molecule has 0 radical (unpaired) electrons. The van der Waals surface area contributed by atoms with Gasteiger partial charge in [-0.1, -0.05) is 42.0 Å². The minimum atomic E-state index is -0.582. The van der Waals surface area contributed by atoms with Crippen molar-refractivity contribution in [3.63, 3.8) is 0 Å². The Morgan fingerprint density at radius 2 is 1.72 bits per heavy atom. The summed E-state index contributed by atoms with van der Waals surface area (Å²) in [6.45, 7) is 1.95. The van der Waals surface area contributed by atoms with Crippen molar-refractivity contribution in [3.8, 4) is 0 Å². The first-order chi connectivity index (χ1) is 15.4. The third-order valence-corrected chi connectivity index (χ3v) is 4.85. The largest absolute Gasteiger partial charge is 0.449 e. The molecule has 0 saturated carbocycles. The van der Waals surface area contributed by atoms with Crippen LogP contribution in [0, 0.1) is 17.0 Å². The van der Waals surface area contributed by atoms with Gasteiger partial charge in [-0.15, -0.1) is 0 Å². The van der Waals surface area contributed by atoms with E-state index < -0.39 is 10.8 Å². The van der Waals surface area contributed by atoms with Crippen LogP contribution >= 0.6 is 0 Å². The van der Waals surface area contributed by atoms with Crippen LogP contribution in [0.2, 0.25) is 0 Å². The van der Waals surface area contributed by atoms with Gasteiger partial charge in [-0.3, -0.25) is 19.7 Å². The van der Waals surface area contributed by atoms with Crippen molar-refractivity contribution in [2.75, 3.05) is 10.6 Å². The van der Waals surface area contributed by atoms with Gasteiger partial charge in [-0.2, -0.15) is 0 Å². The van der Waals surface area contributed by atoms with Crippen LogP contribution in [0.3, 0.4) is 0 Å². The maximum atomic E-state index is 12.9. The van der Waals surface area contributed by atoms with Gasteiger partial charge in [0.25, 0.3) is 11.6 Å². The molecular formula is C24H19N3O5. The summed E-state index contributed by atoms with van der Waals surface area (Å²) in [7, 11) is 0. The van der Waals surface area contributed by atoms with Crippen molar-refractivity contribution in [2.45, 2.75) is 13.3 Å². The number of non-ortho nitro benzene ring substituents is 1. The monoisotopic (exact) mass is 429 g/mol. The van der Waals surface area contributed by atoms with E-state index in [4.69, 9.17) is 4.42 Å². The molecule has 2 amide bonds. The third kappa shape index (κ3) is 4.49. The quantitative estimate of drug-likeness (QED) is 0.328. The number of benzene rings is 3. The molecule has 1 aromatic heterocycles. The molecule has 32 heavy (non-hydrogen) atoms. The number of amides is 2. The number of furan rings is 1. The van der Waals surface area contributed by atoms with Gasteiger partial charge >= 0.3 is 0 Å². The summed E-state index contributed by atoms with van der Waals surface area (Å²) >= 11 is 0. The van der Waals surface area contributed by atoms with Crippen molar-refractivity contribution in [1.82, 2.24) is 0 Å². The summed E-state index contributed by atoms with van der Waals surface area (Å²) in [6.07, 6.45) is 0.143. The summed E-state index contributed by atoms with van der Waals surface area (Å²) in [5.74, 6) is -0.922. The lowest BCUT2D eigenvalue weighted by Gasteiger charge is -2.08. The van der Waals surface area contributed by atoms with Crippen LogP contribution in [-0.4, -0.2) is 16.7 Å². The number of nitrogens with zero attached hydrogens (tertiary/aromatic N) is 1. The number of nitro groups is 1. The molecule has 2 N–H and O–H groups in total. The Labute approximate surface area is 183 Å². The molecule has 0 saturated heterocycles. The molecular weight excluding hydrogens is 410 g/mol. The van der Waals surface area contributed by atoms with Crippen LogP contribution in [0.25, 0.3) is 11.0 Å². The van der Waals surface area contributed by atoms with Gasteiger partial charge in [0.1, 0.15) is 11.3 Å². The molecule has 8 nitrogen and oxygen atoms in total. The van der Waals surface area contributed by atoms with Crippen LogP contribution in [0.5, 0.6) is 0 Å². The second kappa shape index (κ2) is 8.73. The Hall–Kier alpha value is -4.46. The fraction of sp³-hybridized carbons (Fsp3) is 0.0833. The number of rotatable bonds is 6. The average Bonchev–Trinajstić information content (AvgIpc) is 3.12. The van der Waals surface area contributed by atoms with E-state index in [1.54, 1.807) is 24.3 Å². The standard InChI is InChI=1S/C24H19N3O5/c1-15-5-4-6-16(13-15)14-21(28)26-22-19-7-2-3-8-20(19)32-23(22)24(29)25-17-9-11-18(12-10-17)27(30)31/h2-13H,14H2,1H3,(H,25,29)(H,26,28). The van der Waals surface area contributed by atoms with E-state index in [0.717, 1.165) is 11.1 Å². The van der Waals surface area contributed by atoms with Gasteiger partial charge in [0.05, 0.1) is 11.3 Å². The van der Waals surface area contributed by atoms with Gasteiger partial charge in [-0.05, 0) is 36.8 Å². The molecule has 8 heteroatoms. The fourth-order valence-corrected chi connectivity index (χ4v) is 3.37. The van der Waals surface area contributed by atoms with E-state index in [1.807, 2.05) is 31.2 Å². The van der Waals surface area contributed by atoms with Crippen molar-refractivity contribution >= 4 is 39.8 Å². The lowest BCUT2D eigenvalue weighted by Crippen LogP contribution is -2.18. The Morgan fingerprint density at radius 1 is 0.969 bits per heavy atom. The minimum Gasteiger partial charge on any atom is -0.449 e. The second-order valence-corrected chi connectivity index (χ2v) is 7.27. The highest BCUT2D eigenvalue weighted by atomic mass is 16.6. The van der Waals surface area contributed by atoms with Crippen LogP contribution in [-0.2, 0) is 11.2 Å². The van der Waals surface area contributed by atoms with Crippen LogP contribution in [0.1, 0.15) is 21.7 Å². The fourth-order valence-electron chi connectivity index (χ4n) is 3.37. The summed E-state index contributed by atoms with van der Waals surface area (Å²) in [6, 6.07) is 20.1. The zero-order valence-corrected chi connectivity index (χ0v) is 17.1. The number of para-hydroxylation sites is 1. The Kier molecular flexibility index (Phi) is 5.67. The summed E-state index contributed by atoms with van der Waals surface area (Å²) in [5.41, 5.74) is 2.90. The number of fused-ring (bicyclic) bond motifs is 1. The topological polar surface area (TPSA) is 114 Å². The zero-order valence-electron chi connectivity index (χ0n) is 17.1. The number of carbonyl (C=O) groups excluding carboxylic acids is 2. The normalized spacial score (nSPS) is 10.7. The van der Waals surface area contributed by atoms with Crippen LogP contribution in [0.4, 0.5) is 17.1 Å². The maximum Gasteiger partial charge on any atom is 0.293 e. The molecule has 0 aliphatic heterocycles. The van der Waals surface area contributed by atoms with Crippen LogP contribution < -0.4 is 10.6 Å². The lowest BCUT2D eigenvalue weighted by atomic mass is 10.1. The molecule has 3 aromatic carbocycles. The number of aryl methyl sites for hydroxylation is 1. The van der Waals surface area contributed by atoms with Crippen molar-refractivity contribution in [1.29, 1.82) is 0 Å². The number of anilines is 2. The van der Waals surface area contributed by atoms with Gasteiger partial charge in [0.2, 0.25) is 11.7 Å². The predicted molar refractivity (Wildman–Crippen MR) is 121 cm³/mol. The molecule has 0 bridgehead atoms. The summed E-state index contributed by atoms with van der Waals surface area (Å²) in [4.78, 5) is 35.9. The van der Waals surface area contributed by atoms with E-state index in [9.17, 15) is 19.7 Å². The third-order valence-electron chi connectivity index (χ3n) is 4.85. The number of hydrogen-bond donors (Lipinski definition) is 2. The van der Waals surface area contributed by atoms with Gasteiger partial charge < -0.3 is 15.1 Å². The predicted octanol–water partition coefficient (Wildman–Crippen LogP) is 5.08. The van der Waals surface area contributed by atoms with Crippen molar-refractivity contribution < 1.29 is 18.9 Å². The molecule has 0 aliphatic carbocycles. The van der Waals surface area contributed by atoms with Gasteiger partial charge in [-0.25, -0.2) is 0 Å². The second-order valence-electron chi connectivity index (χ2n) is 7.27. The van der Waals surface area contributed by atoms with Crippen LogP contribution in [0.15, 0.2) is 77.2 Å². The maximum absolute atomic E-state index is 12.9. The molecule has 0 unspecified atom stereocenters. The summed E-state index contributed by atoms with van der Waals surface area (Å²) < 4.78 is 5.73. The SMILES string of the molecule is Cc1cccc(CC(=O)Nc2c(C(=O)Nc3ccc([N+](=O)[O-])cc3)oc3ccccc23)c1. The number of nitrogens with one attached hydrogen (secondary N) is 2. The molecule has 0 spiro atoms. The lowest BCUT2D eigenvalue weighted by molar-refractivity contribution is -0.384. The first-order valence-electron chi connectivity index (χ1n) is 9.83. The molecule has 160 valence electrons. The first kappa shape index (κ1) is 20.8. The van der Waals surface area contributed by atoms with E-state index in [-0.39, 0.29) is 29.5 Å². The molecule has 0 fully saturated rings. The van der Waals surface area contributed by atoms with E-state index in [0.29, 0.717) is 16.7 Å². The molecule has 4 aromatic rings. The highest BCUT2D eigenvalue weighted by molar-refractivity contribution is 6.14. The Morgan fingerprint density at radius 3 is 2.44 bits per heavy atom. The van der Waals surface area contributed by atoms with E-state index >= 15 is 0 Å². The first-order valence-corrected chi connectivity index (χ1v) is 9.83. The molecule has 0 aliphatic rings. The van der Waals surface area contributed by atoms with Crippen molar-refractivity contribution in [2.24, 2.45) is 0 Å². The Bertz CT molecular complexity index is 1330. The average molecular weight is 429 g/mol. The summed E-state index contributed by atoms with van der Waals surface area (Å²) in [5, 5.41) is 16.9. The number of hydrogen-bond acceptors (Lipinski definition) is 5. The van der Waals surface area contributed by atoms with E-state index in [1.165, 1.54) is 24.3 Å². The van der Waals surface area contributed by atoms with E-state index in [2.05, 4.69) is 10.6 Å². The molecule has 1 heterocycles. The molecule has 0 atom stereocenters. The zero-order chi connectivity index (χ0) is 22.7. The smallest absolute Gasteiger partial charge is 0.293 e. The molecule has 4 rings (SSSR count). The van der Waals surface area contributed by atoms with Gasteiger partial charge in [0, 0.05) is 23.2 Å². The number of carbonyl (C=O) groups is 2. The highest BCUT2D eigenvalue weighted by Gasteiger charge is 2.22. The number of nitro benzene ring substituents is 1. The van der Waals surface area contributed by atoms with Crippen molar-refractivity contribution in [3.05, 3.63) is 99.8 Å². The minimum absolute atomic E-state index is 0.0536.